The van der Waals surface area contributed by atoms with Crippen molar-refractivity contribution >= 4 is 47.4 Å². The lowest BCUT2D eigenvalue weighted by Crippen LogP contribution is -2.23. The Morgan fingerprint density at radius 3 is 1.51 bits per heavy atom. The number of carbonyl (C=O) groups excluding carboxylic acids is 2. The Labute approximate surface area is 385 Å². The summed E-state index contributed by atoms with van der Waals surface area (Å²) in [6.07, 6.45) is 30.5. The highest BCUT2D eigenvalue weighted by atomic mass is 35.5. The van der Waals surface area contributed by atoms with Gasteiger partial charge in [0.1, 0.15) is 24.7 Å². The van der Waals surface area contributed by atoms with Crippen LogP contribution in [0.2, 0.25) is 0 Å². The molecule has 0 saturated heterocycles. The van der Waals surface area contributed by atoms with E-state index in [9.17, 15) is 30.0 Å². The van der Waals surface area contributed by atoms with Gasteiger partial charge in [-0.1, -0.05) is 127 Å². The van der Waals surface area contributed by atoms with Crippen molar-refractivity contribution in [3.63, 3.8) is 0 Å². The van der Waals surface area contributed by atoms with Crippen molar-refractivity contribution in [2.45, 2.75) is 192 Å². The number of azo groups is 1. The molecule has 0 radical (unpaired) electrons. The Bertz CT molecular complexity index is 1480. The van der Waals surface area contributed by atoms with Crippen LogP contribution in [0, 0.1) is 12.3 Å². The van der Waals surface area contributed by atoms with Crippen molar-refractivity contribution in [1.29, 1.82) is 0 Å². The number of terminal acetylenes is 1. The highest BCUT2D eigenvalue weighted by molar-refractivity contribution is 5.85. The van der Waals surface area contributed by atoms with Gasteiger partial charge in [0.15, 0.2) is 5.82 Å². The lowest BCUT2D eigenvalue weighted by atomic mass is 10.0. The second-order valence-corrected chi connectivity index (χ2v) is 15.8. The number of aliphatic hydroxyl groups excluding tert-OH is 4. The van der Waals surface area contributed by atoms with Gasteiger partial charge in [0.05, 0.1) is 30.1 Å². The number of rotatable bonds is 33. The van der Waals surface area contributed by atoms with Gasteiger partial charge in [-0.25, -0.2) is 4.98 Å². The molecule has 0 spiro atoms. The molecular formula is C49H82ClN5O8. The van der Waals surface area contributed by atoms with Crippen LogP contribution in [0.3, 0.4) is 0 Å². The number of carbonyl (C=O) groups is 2. The summed E-state index contributed by atoms with van der Waals surface area (Å²) in [5.41, 5.74) is 12.4. The van der Waals surface area contributed by atoms with Crippen molar-refractivity contribution in [2.24, 2.45) is 10.2 Å². The topological polar surface area (TPSA) is 223 Å². The van der Waals surface area contributed by atoms with Crippen LogP contribution in [0.25, 0.3) is 0 Å². The molecule has 0 fully saturated rings. The predicted molar refractivity (Wildman–Crippen MR) is 258 cm³/mol. The first-order chi connectivity index (χ1) is 29.9. The number of pyridine rings is 1. The monoisotopic (exact) mass is 904 g/mol. The fraction of sp³-hybridized carbons (Fsp3) is 0.653. The van der Waals surface area contributed by atoms with Gasteiger partial charge >= 0.3 is 11.9 Å². The number of allylic oxidation sites excluding steroid dienone is 1. The van der Waals surface area contributed by atoms with Crippen LogP contribution in [0.15, 0.2) is 65.3 Å². The zero-order valence-corrected chi connectivity index (χ0v) is 39.2. The van der Waals surface area contributed by atoms with E-state index in [1.807, 2.05) is 36.4 Å². The summed E-state index contributed by atoms with van der Waals surface area (Å²) in [5.74, 6) is 2.51. The molecular weight excluding hydrogens is 822 g/mol. The maximum atomic E-state index is 10.6. The van der Waals surface area contributed by atoms with Gasteiger partial charge in [-0.3, -0.25) is 9.59 Å². The zero-order chi connectivity index (χ0) is 46.1. The molecule has 358 valence electrons. The van der Waals surface area contributed by atoms with Crippen LogP contribution < -0.4 is 11.5 Å². The van der Waals surface area contributed by atoms with E-state index in [1.165, 1.54) is 97.3 Å². The van der Waals surface area contributed by atoms with Gasteiger partial charge in [-0.15, -0.1) is 36.4 Å². The number of nitrogens with zero attached hydrogens (tertiary/aromatic N) is 3. The third-order valence-electron chi connectivity index (χ3n) is 9.80. The van der Waals surface area contributed by atoms with E-state index in [1.54, 1.807) is 12.1 Å². The van der Waals surface area contributed by atoms with E-state index < -0.39 is 36.4 Å². The quantitative estimate of drug-likeness (QED) is 0.0130. The van der Waals surface area contributed by atoms with E-state index in [4.69, 9.17) is 27.4 Å². The molecule has 1 aromatic heterocycles. The summed E-state index contributed by atoms with van der Waals surface area (Å²) in [6.45, 7) is 6.28. The van der Waals surface area contributed by atoms with Crippen LogP contribution in [-0.2, 0) is 19.1 Å². The average Bonchev–Trinajstić information content (AvgIpc) is 3.23. The van der Waals surface area contributed by atoms with Crippen molar-refractivity contribution in [2.75, 3.05) is 24.7 Å². The molecule has 63 heavy (non-hydrogen) atoms. The van der Waals surface area contributed by atoms with Gasteiger partial charge in [0, 0.05) is 33.1 Å². The SMILES string of the molecule is C#CCCCCCCCCCCCC(O)CC(O)COC(C)=O.C=CCCCCCCCCCCCC(O)CC(O)COC(C)=O.Cl.Nc1ccc(N=Nc2ccccc2)c(N)n1. The molecule has 13 nitrogen and oxygen atoms in total. The molecule has 2 rings (SSSR count). The van der Waals surface area contributed by atoms with Gasteiger partial charge in [-0.2, -0.15) is 5.11 Å². The number of hydrogen-bond donors (Lipinski definition) is 6. The lowest BCUT2D eigenvalue weighted by molar-refractivity contribution is -0.145. The third kappa shape index (κ3) is 41.7. The fourth-order valence-electron chi connectivity index (χ4n) is 6.35. The highest BCUT2D eigenvalue weighted by Gasteiger charge is 2.14. The Kier molecular flexibility index (Phi) is 41.9. The summed E-state index contributed by atoms with van der Waals surface area (Å²) in [4.78, 5) is 25.1. The number of benzene rings is 1. The van der Waals surface area contributed by atoms with E-state index in [2.05, 4.69) is 27.7 Å². The number of esters is 2. The van der Waals surface area contributed by atoms with Crippen molar-refractivity contribution in [1.82, 2.24) is 4.98 Å². The maximum Gasteiger partial charge on any atom is 0.302 e. The van der Waals surface area contributed by atoms with E-state index in [0.717, 1.165) is 50.6 Å². The number of aliphatic hydroxyl groups is 4. The van der Waals surface area contributed by atoms with Crippen LogP contribution in [-0.4, -0.2) is 75.0 Å². The molecule has 4 atom stereocenters. The van der Waals surface area contributed by atoms with E-state index >= 15 is 0 Å². The van der Waals surface area contributed by atoms with Crippen LogP contribution in [0.5, 0.6) is 0 Å². The van der Waals surface area contributed by atoms with E-state index in [0.29, 0.717) is 24.3 Å². The number of aromatic nitrogens is 1. The fourth-order valence-corrected chi connectivity index (χ4v) is 6.35. The Balaban J connectivity index is 0. The first-order valence-corrected chi connectivity index (χ1v) is 22.9. The molecule has 0 amide bonds. The Hall–Kier alpha value is -4.06. The maximum absolute atomic E-state index is 10.6. The highest BCUT2D eigenvalue weighted by Crippen LogP contribution is 2.23. The van der Waals surface area contributed by atoms with Gasteiger partial charge in [0.25, 0.3) is 0 Å². The number of nitrogen functional groups attached to an aromatic ring is 2. The number of nitrogens with two attached hydrogens (primary N) is 2. The lowest BCUT2D eigenvalue weighted by Gasteiger charge is -2.15. The second kappa shape index (κ2) is 43.2. The minimum atomic E-state index is -0.775. The van der Waals surface area contributed by atoms with Crippen LogP contribution in [0.4, 0.5) is 23.0 Å². The molecule has 0 aliphatic heterocycles. The van der Waals surface area contributed by atoms with Crippen molar-refractivity contribution in [3.05, 3.63) is 55.1 Å². The van der Waals surface area contributed by atoms with Crippen molar-refractivity contribution < 1.29 is 39.5 Å². The standard InChI is InChI=1S/C19H36O4.C19H34O4.C11H11N5.ClH/c2*1-3-4-5-6-7-8-9-10-11-12-13-14-18(21)15-19(22)16-23-17(2)20;12-10-7-6-9(11(13)14-10)16-15-8-4-2-1-3-5-8;/h3,18-19,21-22H,1,4-16H2,2H3;1,18-19,21-22H,4-16H2,2H3;1-7H,(H4,12,13,14);1H. The summed E-state index contributed by atoms with van der Waals surface area (Å²) in [5, 5.41) is 46.9. The summed E-state index contributed by atoms with van der Waals surface area (Å²) in [7, 11) is 0. The minimum absolute atomic E-state index is 0. The first kappa shape index (κ1) is 61.0. The number of unbranched alkanes of at least 4 members (excludes halogenated alkanes) is 18. The smallest absolute Gasteiger partial charge is 0.302 e. The number of hydrogen-bond acceptors (Lipinski definition) is 13. The van der Waals surface area contributed by atoms with Crippen LogP contribution in [0.1, 0.15) is 168 Å². The molecule has 8 N–H and O–H groups in total. The second-order valence-electron chi connectivity index (χ2n) is 15.8. The summed E-state index contributed by atoms with van der Waals surface area (Å²) >= 11 is 0. The number of halogens is 1. The molecule has 0 saturated carbocycles. The summed E-state index contributed by atoms with van der Waals surface area (Å²) in [6, 6.07) is 12.7. The van der Waals surface area contributed by atoms with Gasteiger partial charge in [0.2, 0.25) is 0 Å². The first-order valence-electron chi connectivity index (χ1n) is 22.9. The Morgan fingerprint density at radius 2 is 1.10 bits per heavy atom. The molecule has 1 heterocycles. The minimum Gasteiger partial charge on any atom is -0.463 e. The molecule has 1 aromatic carbocycles. The average molecular weight is 905 g/mol. The van der Waals surface area contributed by atoms with Crippen molar-refractivity contribution in [3.8, 4) is 12.3 Å². The normalized spacial score (nSPS) is 12.5. The number of ether oxygens (including phenoxy) is 2. The largest absolute Gasteiger partial charge is 0.463 e. The molecule has 0 aliphatic rings. The van der Waals surface area contributed by atoms with E-state index in [-0.39, 0.29) is 44.3 Å². The molecule has 4 unspecified atom stereocenters. The number of anilines is 2. The predicted octanol–water partition coefficient (Wildman–Crippen LogP) is 10.8. The van der Waals surface area contributed by atoms with Gasteiger partial charge in [-0.05, 0) is 56.4 Å². The van der Waals surface area contributed by atoms with Crippen LogP contribution >= 0.6 is 12.4 Å². The molecule has 0 bridgehead atoms. The molecule has 14 heteroatoms. The third-order valence-corrected chi connectivity index (χ3v) is 9.80. The van der Waals surface area contributed by atoms with Gasteiger partial charge < -0.3 is 41.4 Å². The Morgan fingerprint density at radius 1 is 0.667 bits per heavy atom. The molecule has 0 aliphatic carbocycles. The zero-order valence-electron chi connectivity index (χ0n) is 38.4. The molecule has 2 aromatic rings. The summed E-state index contributed by atoms with van der Waals surface area (Å²) < 4.78 is 9.42.